The van der Waals surface area contributed by atoms with Crippen LogP contribution in [0.3, 0.4) is 0 Å². The Hall–Kier alpha value is -2.63. The second-order valence-electron chi connectivity index (χ2n) is 3.77. The Morgan fingerprint density at radius 2 is 2.05 bits per heavy atom. The van der Waals surface area contributed by atoms with Gasteiger partial charge >= 0.3 is 12.1 Å². The molecule has 19 heavy (non-hydrogen) atoms. The van der Waals surface area contributed by atoms with Gasteiger partial charge in [-0.3, -0.25) is 4.79 Å². The van der Waals surface area contributed by atoms with E-state index in [1.54, 1.807) is 0 Å². The summed E-state index contributed by atoms with van der Waals surface area (Å²) in [4.78, 5) is 26.2. The molecule has 1 aromatic carbocycles. The lowest BCUT2D eigenvalue weighted by atomic mass is 10.2. The molecule has 2 rings (SSSR count). The fourth-order valence-corrected chi connectivity index (χ4v) is 1.34. The van der Waals surface area contributed by atoms with Crippen LogP contribution in [0.1, 0.15) is 23.0 Å². The Bertz CT molecular complexity index is 577. The summed E-state index contributed by atoms with van der Waals surface area (Å²) in [6.45, 7) is 1.49. The van der Waals surface area contributed by atoms with Gasteiger partial charge in [-0.05, 0) is 5.56 Å². The zero-order valence-corrected chi connectivity index (χ0v) is 10.3. The zero-order valence-electron chi connectivity index (χ0n) is 10.3. The van der Waals surface area contributed by atoms with Crippen LogP contribution in [-0.4, -0.2) is 16.9 Å². The topological polar surface area (TPSA) is 81.4 Å². The summed E-state index contributed by atoms with van der Waals surface area (Å²) in [5.41, 5.74) is 0.870. The van der Waals surface area contributed by atoms with Crippen LogP contribution >= 0.6 is 0 Å². The molecule has 0 aliphatic rings. The molecule has 0 aliphatic carbocycles. The number of carbonyl (C=O) groups excluding carboxylic acids is 2. The van der Waals surface area contributed by atoms with Crippen LogP contribution < -0.4 is 5.32 Å². The molecule has 1 amide bonds. The van der Waals surface area contributed by atoms with Gasteiger partial charge in [-0.1, -0.05) is 30.3 Å². The van der Waals surface area contributed by atoms with Crippen LogP contribution in [0.2, 0.25) is 0 Å². The van der Waals surface area contributed by atoms with Crippen molar-refractivity contribution in [3.8, 4) is 0 Å². The molecule has 0 atom stereocenters. The van der Waals surface area contributed by atoms with Crippen molar-refractivity contribution in [3.05, 3.63) is 47.9 Å². The number of nitrogens with zero attached hydrogens (tertiary/aromatic N) is 1. The summed E-state index contributed by atoms with van der Waals surface area (Å²) >= 11 is 0. The largest absolute Gasteiger partial charge is 0.444 e. The second-order valence-corrected chi connectivity index (χ2v) is 3.77. The van der Waals surface area contributed by atoms with E-state index in [0.29, 0.717) is 0 Å². The van der Waals surface area contributed by atoms with Gasteiger partial charge in [0.05, 0.1) is 6.20 Å². The van der Waals surface area contributed by atoms with Crippen LogP contribution in [0.25, 0.3) is 0 Å². The van der Waals surface area contributed by atoms with Crippen LogP contribution in [0.5, 0.6) is 0 Å². The lowest BCUT2D eigenvalue weighted by Crippen LogP contribution is -2.13. The number of anilines is 1. The number of benzene rings is 1. The lowest BCUT2D eigenvalue weighted by Gasteiger charge is -2.04. The van der Waals surface area contributed by atoms with Crippen LogP contribution in [-0.2, 0) is 11.3 Å². The molecule has 6 nitrogen and oxygen atoms in total. The molecule has 0 saturated carbocycles. The van der Waals surface area contributed by atoms with E-state index < -0.39 is 6.09 Å². The summed E-state index contributed by atoms with van der Waals surface area (Å²) in [6.07, 6.45) is 0.551. The maximum Gasteiger partial charge on any atom is 0.415 e. The predicted molar refractivity (Wildman–Crippen MR) is 66.8 cm³/mol. The minimum Gasteiger partial charge on any atom is -0.444 e. The zero-order chi connectivity index (χ0) is 13.7. The van der Waals surface area contributed by atoms with E-state index in [9.17, 15) is 9.59 Å². The number of carbonyl (C=O) groups is 2. The highest BCUT2D eigenvalue weighted by Gasteiger charge is 2.11. The van der Waals surface area contributed by atoms with Crippen molar-refractivity contribution >= 4 is 17.9 Å². The summed E-state index contributed by atoms with van der Waals surface area (Å²) in [6, 6.07) is 9.19. The SMILES string of the molecule is CC(=O)c1cnc(NC(=O)OCc2ccccc2)o1. The highest BCUT2D eigenvalue weighted by atomic mass is 16.6. The van der Waals surface area contributed by atoms with Crippen molar-refractivity contribution in [2.75, 3.05) is 5.32 Å². The summed E-state index contributed by atoms with van der Waals surface area (Å²) in [5.74, 6) is -0.184. The Morgan fingerprint density at radius 1 is 1.32 bits per heavy atom. The Morgan fingerprint density at radius 3 is 2.68 bits per heavy atom. The standard InChI is InChI=1S/C13H12N2O4/c1-9(16)11-7-14-12(19-11)15-13(17)18-8-10-5-3-2-4-6-10/h2-7H,8H2,1H3,(H,14,15,17). The smallest absolute Gasteiger partial charge is 0.415 e. The number of aromatic nitrogens is 1. The molecule has 0 aliphatic heterocycles. The number of hydrogen-bond acceptors (Lipinski definition) is 5. The molecule has 0 unspecified atom stereocenters. The first-order valence-electron chi connectivity index (χ1n) is 5.59. The van der Waals surface area contributed by atoms with Crippen molar-refractivity contribution in [3.63, 3.8) is 0 Å². The number of hydrogen-bond donors (Lipinski definition) is 1. The quantitative estimate of drug-likeness (QED) is 0.854. The van der Waals surface area contributed by atoms with Gasteiger partial charge in [-0.15, -0.1) is 0 Å². The molecule has 98 valence electrons. The molecule has 2 aromatic rings. The molecular weight excluding hydrogens is 248 g/mol. The number of oxazole rings is 1. The summed E-state index contributed by atoms with van der Waals surface area (Å²) in [5, 5.41) is 2.30. The number of nitrogens with one attached hydrogen (secondary N) is 1. The number of ketones is 1. The Labute approximate surface area is 109 Å². The first-order chi connectivity index (χ1) is 9.15. The first-order valence-corrected chi connectivity index (χ1v) is 5.59. The fraction of sp³-hybridized carbons (Fsp3) is 0.154. The van der Waals surface area contributed by atoms with Gasteiger partial charge < -0.3 is 9.15 Å². The van der Waals surface area contributed by atoms with Crippen LogP contribution in [0, 0.1) is 0 Å². The van der Waals surface area contributed by atoms with Crippen molar-refractivity contribution in [1.29, 1.82) is 0 Å². The lowest BCUT2D eigenvalue weighted by molar-refractivity contribution is 0.0987. The average Bonchev–Trinajstić information content (AvgIpc) is 2.86. The van der Waals surface area contributed by atoms with Crippen molar-refractivity contribution in [1.82, 2.24) is 4.98 Å². The van der Waals surface area contributed by atoms with E-state index in [1.165, 1.54) is 13.1 Å². The molecule has 1 heterocycles. The van der Waals surface area contributed by atoms with Gasteiger partial charge in [0.2, 0.25) is 0 Å². The van der Waals surface area contributed by atoms with Crippen molar-refractivity contribution in [2.45, 2.75) is 13.5 Å². The maximum absolute atomic E-state index is 11.4. The van der Waals surface area contributed by atoms with Crippen molar-refractivity contribution in [2.24, 2.45) is 0 Å². The number of Topliss-reactive ketones (excluding diaryl/α,β-unsaturated/α-hetero) is 1. The number of ether oxygens (including phenoxy) is 1. The predicted octanol–water partition coefficient (Wildman–Crippen LogP) is 2.63. The monoisotopic (exact) mass is 260 g/mol. The highest BCUT2D eigenvalue weighted by molar-refractivity contribution is 5.91. The number of rotatable bonds is 4. The first kappa shape index (κ1) is 12.8. The summed E-state index contributed by atoms with van der Waals surface area (Å²) < 4.78 is 9.96. The van der Waals surface area contributed by atoms with Gasteiger partial charge in [0.25, 0.3) is 0 Å². The molecular formula is C13H12N2O4. The van der Waals surface area contributed by atoms with Gasteiger partial charge in [-0.25, -0.2) is 15.1 Å². The fourth-order valence-electron chi connectivity index (χ4n) is 1.34. The van der Waals surface area contributed by atoms with Crippen LogP contribution in [0.15, 0.2) is 40.9 Å². The second kappa shape index (κ2) is 5.81. The molecule has 0 fully saturated rings. The molecule has 1 aromatic heterocycles. The molecule has 6 heteroatoms. The molecule has 0 saturated heterocycles. The van der Waals surface area contributed by atoms with E-state index in [4.69, 9.17) is 9.15 Å². The molecule has 0 radical (unpaired) electrons. The van der Waals surface area contributed by atoms with Gasteiger partial charge in [0, 0.05) is 6.92 Å². The Kier molecular flexibility index (Phi) is 3.92. The van der Waals surface area contributed by atoms with Crippen LogP contribution in [0.4, 0.5) is 10.8 Å². The van der Waals surface area contributed by atoms with Gasteiger partial charge in [0.1, 0.15) is 6.61 Å². The van der Waals surface area contributed by atoms with E-state index in [0.717, 1.165) is 5.56 Å². The Balaban J connectivity index is 1.85. The van der Waals surface area contributed by atoms with Crippen molar-refractivity contribution < 1.29 is 18.7 Å². The third-order valence-electron chi connectivity index (χ3n) is 2.27. The van der Waals surface area contributed by atoms with E-state index in [2.05, 4.69) is 10.3 Å². The van der Waals surface area contributed by atoms with E-state index in [-0.39, 0.29) is 24.2 Å². The molecule has 0 bridgehead atoms. The number of amides is 1. The van der Waals surface area contributed by atoms with E-state index >= 15 is 0 Å². The summed E-state index contributed by atoms with van der Waals surface area (Å²) in [7, 11) is 0. The normalized spacial score (nSPS) is 9.95. The van der Waals surface area contributed by atoms with Gasteiger partial charge in [0.15, 0.2) is 11.5 Å². The minimum absolute atomic E-state index is 0.0664. The average molecular weight is 260 g/mol. The maximum atomic E-state index is 11.4. The third-order valence-corrected chi connectivity index (χ3v) is 2.27. The molecule has 0 spiro atoms. The third kappa shape index (κ3) is 3.67. The van der Waals surface area contributed by atoms with Gasteiger partial charge in [-0.2, -0.15) is 0 Å². The molecule has 1 N–H and O–H groups in total. The van der Waals surface area contributed by atoms with E-state index in [1.807, 2.05) is 30.3 Å². The highest BCUT2D eigenvalue weighted by Crippen LogP contribution is 2.10. The minimum atomic E-state index is -0.694.